The third kappa shape index (κ3) is 7.83. The van der Waals surface area contributed by atoms with E-state index < -0.39 is 23.3 Å². The van der Waals surface area contributed by atoms with Gasteiger partial charge in [-0.3, -0.25) is 4.79 Å². The van der Waals surface area contributed by atoms with E-state index in [0.717, 1.165) is 66.9 Å². The molecule has 1 N–H and O–H groups in total. The maximum absolute atomic E-state index is 13.8. The molecule has 1 atom stereocenters. The number of nitrogens with one attached hydrogen (secondary N) is 1. The molecule has 5 rings (SSSR count). The van der Waals surface area contributed by atoms with Crippen LogP contribution >= 0.6 is 0 Å². The lowest BCUT2D eigenvalue weighted by Gasteiger charge is -2.38. The summed E-state index contributed by atoms with van der Waals surface area (Å²) >= 11 is 0. The quantitative estimate of drug-likeness (QED) is 0.157. The maximum Gasteiger partial charge on any atom is 0.408 e. The predicted octanol–water partition coefficient (Wildman–Crippen LogP) is 8.15. The van der Waals surface area contributed by atoms with E-state index in [0.29, 0.717) is 25.2 Å². The van der Waals surface area contributed by atoms with Gasteiger partial charge in [-0.15, -0.1) is 0 Å². The Balaban J connectivity index is 1.45. The van der Waals surface area contributed by atoms with Crippen LogP contribution in [0, 0.1) is 5.92 Å². The van der Waals surface area contributed by atoms with Gasteiger partial charge in [0.15, 0.2) is 0 Å². The third-order valence-corrected chi connectivity index (χ3v) is 9.62. The number of aromatic nitrogens is 2. The second-order valence-electron chi connectivity index (χ2n) is 13.9. The lowest BCUT2D eigenvalue weighted by atomic mass is 9.76. The van der Waals surface area contributed by atoms with Crippen molar-refractivity contribution in [3.8, 4) is 0 Å². The molecule has 1 aromatic heterocycles. The van der Waals surface area contributed by atoms with Crippen LogP contribution in [-0.4, -0.2) is 51.2 Å². The van der Waals surface area contributed by atoms with Gasteiger partial charge in [0.05, 0.1) is 12.0 Å². The summed E-state index contributed by atoms with van der Waals surface area (Å²) in [7, 11) is 0. The van der Waals surface area contributed by atoms with Crippen LogP contribution in [0.1, 0.15) is 94.8 Å². The number of aryl methyl sites for hydroxylation is 1. The summed E-state index contributed by atoms with van der Waals surface area (Å²) in [6.45, 7) is 11.4. The first-order valence-corrected chi connectivity index (χ1v) is 17.7. The van der Waals surface area contributed by atoms with Gasteiger partial charge >= 0.3 is 6.09 Å². The van der Waals surface area contributed by atoms with E-state index in [1.165, 1.54) is 0 Å². The summed E-state index contributed by atoms with van der Waals surface area (Å²) in [5, 5.41) is 2.93. The Bertz CT molecular complexity index is 1510. The number of alkyl carbamates (subject to hydrolysis) is 1. The second kappa shape index (κ2) is 15.7. The Hall–Kier alpha value is -4.39. The van der Waals surface area contributed by atoms with E-state index in [-0.39, 0.29) is 5.91 Å². The normalized spacial score (nSPS) is 14.8. The summed E-state index contributed by atoms with van der Waals surface area (Å²) < 4.78 is 7.92. The molecule has 2 heterocycles. The van der Waals surface area contributed by atoms with Crippen molar-refractivity contribution in [3.63, 3.8) is 0 Å². The Morgan fingerprint density at radius 3 is 1.83 bits per heavy atom. The van der Waals surface area contributed by atoms with Crippen molar-refractivity contribution in [1.82, 2.24) is 19.8 Å². The minimum absolute atomic E-state index is 0.0205. The van der Waals surface area contributed by atoms with Crippen molar-refractivity contribution >= 4 is 12.0 Å². The number of imidazole rings is 1. The minimum Gasteiger partial charge on any atom is -0.444 e. The summed E-state index contributed by atoms with van der Waals surface area (Å²) in [6.07, 6.45) is 7.24. The monoisotopic (exact) mass is 648 g/mol. The molecule has 0 radical (unpaired) electrons. The molecule has 1 fully saturated rings. The topological polar surface area (TPSA) is 76.5 Å². The predicted molar refractivity (Wildman–Crippen MR) is 192 cm³/mol. The molecule has 2 amide bonds. The molecule has 1 saturated heterocycles. The van der Waals surface area contributed by atoms with Crippen molar-refractivity contribution < 1.29 is 14.3 Å². The number of amides is 2. The summed E-state index contributed by atoms with van der Waals surface area (Å²) in [5.74, 6) is 0.636. The number of rotatable bonds is 12. The van der Waals surface area contributed by atoms with Gasteiger partial charge in [-0.25, -0.2) is 9.78 Å². The molecule has 0 bridgehead atoms. The highest BCUT2D eigenvalue weighted by atomic mass is 16.6. The van der Waals surface area contributed by atoms with E-state index in [1.807, 2.05) is 32.0 Å². The maximum atomic E-state index is 13.8. The third-order valence-electron chi connectivity index (χ3n) is 9.62. The fraction of sp³-hybridized carbons (Fsp3) is 0.439. The summed E-state index contributed by atoms with van der Waals surface area (Å²) in [5.41, 5.74) is 4.33. The molecule has 48 heavy (non-hydrogen) atoms. The van der Waals surface area contributed by atoms with E-state index >= 15 is 0 Å². The Morgan fingerprint density at radius 1 is 0.854 bits per heavy atom. The average Bonchev–Trinajstić information content (AvgIpc) is 3.51. The van der Waals surface area contributed by atoms with Gasteiger partial charge in [-0.2, -0.15) is 0 Å². The van der Waals surface area contributed by atoms with Crippen LogP contribution in [0.4, 0.5) is 4.79 Å². The smallest absolute Gasteiger partial charge is 0.408 e. The molecule has 7 heteroatoms. The molecule has 1 aliphatic rings. The second-order valence-corrected chi connectivity index (χ2v) is 13.9. The van der Waals surface area contributed by atoms with Crippen LogP contribution in [0.5, 0.6) is 0 Å². The van der Waals surface area contributed by atoms with Crippen LogP contribution in [0.15, 0.2) is 97.3 Å². The first-order valence-electron chi connectivity index (χ1n) is 17.7. The molecule has 0 saturated carbocycles. The Labute approximate surface area is 286 Å². The standard InChI is InChI=1S/C41H52N4O3/c1-6-31-26-28-44(29-27-31)38(46)36(43-39(47)48-40(3,4)5)25-17-24-35-37(7-2)45(30-42-35)41(32-18-11-8-12-19-32,33-20-13-9-14-21-33)34-22-15-10-16-23-34/h8-16,18-23,30-31,36H,6-7,17,24-29H2,1-5H3,(H,43,47)/t36-/m0/s1. The molecule has 3 aromatic carbocycles. The minimum atomic E-state index is -0.651. The highest BCUT2D eigenvalue weighted by Crippen LogP contribution is 2.42. The zero-order chi connectivity index (χ0) is 34.1. The molecular formula is C41H52N4O3. The van der Waals surface area contributed by atoms with Crippen LogP contribution in [0.25, 0.3) is 0 Å². The molecule has 0 spiro atoms. The molecule has 254 valence electrons. The molecule has 4 aromatic rings. The number of hydrogen-bond acceptors (Lipinski definition) is 4. The largest absolute Gasteiger partial charge is 0.444 e. The number of benzene rings is 3. The number of hydrogen-bond donors (Lipinski definition) is 1. The number of piperidine rings is 1. The van der Waals surface area contributed by atoms with Crippen molar-refractivity contribution in [1.29, 1.82) is 0 Å². The van der Waals surface area contributed by atoms with E-state index in [4.69, 9.17) is 9.72 Å². The lowest BCUT2D eigenvalue weighted by Crippen LogP contribution is -2.51. The number of carbonyl (C=O) groups is 2. The SMILES string of the molecule is CCc1c(CCC[C@H](NC(=O)OC(C)(C)C)C(=O)N2CCC(CC)CC2)ncn1C(c1ccccc1)(c1ccccc1)c1ccccc1. The summed E-state index contributed by atoms with van der Waals surface area (Å²) in [6, 6.07) is 31.3. The number of nitrogens with zero attached hydrogens (tertiary/aromatic N) is 3. The fourth-order valence-electron chi connectivity index (χ4n) is 7.20. The van der Waals surface area contributed by atoms with Crippen LogP contribution in [0.2, 0.25) is 0 Å². The van der Waals surface area contributed by atoms with Gasteiger partial charge in [0.25, 0.3) is 0 Å². The zero-order valence-electron chi connectivity index (χ0n) is 29.3. The summed E-state index contributed by atoms with van der Waals surface area (Å²) in [4.78, 5) is 33.7. The van der Waals surface area contributed by atoms with Gasteiger partial charge in [0.2, 0.25) is 5.91 Å². The zero-order valence-corrected chi connectivity index (χ0v) is 29.3. The highest BCUT2D eigenvalue weighted by molar-refractivity contribution is 5.85. The van der Waals surface area contributed by atoms with Crippen molar-refractivity contribution in [2.24, 2.45) is 5.92 Å². The van der Waals surface area contributed by atoms with E-state index in [1.54, 1.807) is 0 Å². The molecule has 1 aliphatic heterocycles. The van der Waals surface area contributed by atoms with Crippen molar-refractivity contribution in [2.45, 2.75) is 96.7 Å². The van der Waals surface area contributed by atoms with Crippen molar-refractivity contribution in [3.05, 3.63) is 125 Å². The molecule has 0 unspecified atom stereocenters. The average molecular weight is 649 g/mol. The number of carbonyl (C=O) groups excluding carboxylic acids is 2. The lowest BCUT2D eigenvalue weighted by molar-refractivity contribution is -0.135. The van der Waals surface area contributed by atoms with E-state index in [9.17, 15) is 9.59 Å². The fourth-order valence-corrected chi connectivity index (χ4v) is 7.20. The first kappa shape index (κ1) is 34.9. The van der Waals surface area contributed by atoms with Gasteiger partial charge in [0.1, 0.15) is 17.2 Å². The van der Waals surface area contributed by atoms with Gasteiger partial charge in [0, 0.05) is 18.8 Å². The van der Waals surface area contributed by atoms with Crippen LogP contribution < -0.4 is 5.32 Å². The van der Waals surface area contributed by atoms with Gasteiger partial charge in [-0.05, 0) is 81.9 Å². The Kier molecular flexibility index (Phi) is 11.4. The van der Waals surface area contributed by atoms with E-state index in [2.05, 4.69) is 115 Å². The molecular weight excluding hydrogens is 596 g/mol. The number of ether oxygens (including phenoxy) is 1. The Morgan fingerprint density at radius 2 is 1.38 bits per heavy atom. The highest BCUT2D eigenvalue weighted by Gasteiger charge is 2.40. The molecule has 0 aliphatic carbocycles. The first-order chi connectivity index (χ1) is 23.2. The van der Waals surface area contributed by atoms with Crippen LogP contribution in [0.3, 0.4) is 0 Å². The van der Waals surface area contributed by atoms with Gasteiger partial charge < -0.3 is 19.5 Å². The number of likely N-dealkylation sites (tertiary alicyclic amines) is 1. The van der Waals surface area contributed by atoms with Crippen molar-refractivity contribution in [2.75, 3.05) is 13.1 Å². The molecule has 7 nitrogen and oxygen atoms in total. The van der Waals surface area contributed by atoms with Gasteiger partial charge in [-0.1, -0.05) is 111 Å². The van der Waals surface area contributed by atoms with Crippen LogP contribution in [-0.2, 0) is 27.9 Å².